The largest absolute Gasteiger partial charge is 0.493 e. The molecule has 0 aliphatic carbocycles. The average molecular weight is 433 g/mol. The van der Waals surface area contributed by atoms with Crippen LogP contribution in [0.3, 0.4) is 0 Å². The van der Waals surface area contributed by atoms with Gasteiger partial charge >= 0.3 is 0 Å². The Labute approximate surface area is 173 Å². The third kappa shape index (κ3) is 5.12. The highest BCUT2D eigenvalue weighted by Crippen LogP contribution is 2.29. The molecule has 1 amide bonds. The van der Waals surface area contributed by atoms with E-state index in [4.69, 9.17) is 9.47 Å². The van der Waals surface area contributed by atoms with Crippen LogP contribution in [-0.4, -0.2) is 32.7 Å². The average Bonchev–Trinajstić information content (AvgIpc) is 3.20. The Hall–Kier alpha value is -2.91. The van der Waals surface area contributed by atoms with Gasteiger partial charge in [0.2, 0.25) is 0 Å². The van der Waals surface area contributed by atoms with E-state index in [2.05, 4.69) is 10.3 Å². The molecule has 0 fully saturated rings. The first-order valence-corrected chi connectivity index (χ1v) is 11.4. The molecule has 0 unspecified atom stereocenters. The van der Waals surface area contributed by atoms with Crippen molar-refractivity contribution in [2.45, 2.75) is 18.4 Å². The predicted octanol–water partition coefficient (Wildman–Crippen LogP) is 3.69. The van der Waals surface area contributed by atoms with Crippen LogP contribution in [0.25, 0.3) is 0 Å². The van der Waals surface area contributed by atoms with Crippen molar-refractivity contribution in [1.82, 2.24) is 4.98 Å². The van der Waals surface area contributed by atoms with Gasteiger partial charge in [-0.15, -0.1) is 11.3 Å². The summed E-state index contributed by atoms with van der Waals surface area (Å²) >= 11 is 1.48. The molecule has 1 heterocycles. The van der Waals surface area contributed by atoms with E-state index in [1.54, 1.807) is 36.7 Å². The van der Waals surface area contributed by atoms with Crippen molar-refractivity contribution in [3.05, 3.63) is 64.1 Å². The van der Waals surface area contributed by atoms with Crippen molar-refractivity contribution in [1.29, 1.82) is 0 Å². The smallest absolute Gasteiger partial charge is 0.255 e. The summed E-state index contributed by atoms with van der Waals surface area (Å²) in [5.41, 5.74) is 4.07. The maximum atomic E-state index is 12.7. The van der Waals surface area contributed by atoms with Crippen LogP contribution < -0.4 is 14.8 Å². The number of aromatic nitrogens is 1. The van der Waals surface area contributed by atoms with Gasteiger partial charge in [-0.2, -0.15) is 0 Å². The molecule has 7 nitrogen and oxygen atoms in total. The van der Waals surface area contributed by atoms with Crippen molar-refractivity contribution >= 4 is 32.8 Å². The summed E-state index contributed by atoms with van der Waals surface area (Å²) in [4.78, 5) is 17.0. The molecule has 0 bridgehead atoms. The monoisotopic (exact) mass is 432 g/mol. The molecule has 1 aromatic heterocycles. The van der Waals surface area contributed by atoms with Gasteiger partial charge in [0, 0.05) is 22.9 Å². The minimum Gasteiger partial charge on any atom is -0.493 e. The number of amides is 1. The number of aryl methyl sites for hydroxylation is 1. The van der Waals surface area contributed by atoms with E-state index in [0.29, 0.717) is 29.4 Å². The number of thiazole rings is 1. The lowest BCUT2D eigenvalue weighted by Crippen LogP contribution is -2.13. The summed E-state index contributed by atoms with van der Waals surface area (Å²) in [5.74, 6) is 0.518. The lowest BCUT2D eigenvalue weighted by molar-refractivity contribution is 0.102. The van der Waals surface area contributed by atoms with E-state index < -0.39 is 9.84 Å². The number of carbonyl (C=O) groups excluding carboxylic acids is 1. The Morgan fingerprint density at radius 3 is 2.62 bits per heavy atom. The van der Waals surface area contributed by atoms with Crippen molar-refractivity contribution in [3.63, 3.8) is 0 Å². The molecule has 0 aliphatic rings. The molecule has 0 saturated carbocycles. The number of ether oxygens (including phenoxy) is 2. The molecule has 152 valence electrons. The fourth-order valence-electron chi connectivity index (χ4n) is 2.55. The second-order valence-electron chi connectivity index (χ2n) is 6.34. The molecule has 29 heavy (non-hydrogen) atoms. The van der Waals surface area contributed by atoms with Gasteiger partial charge in [0.25, 0.3) is 5.91 Å². The Morgan fingerprint density at radius 2 is 1.97 bits per heavy atom. The minimum atomic E-state index is -3.38. The zero-order chi connectivity index (χ0) is 21.0. The number of sulfone groups is 1. The molecule has 0 saturated heterocycles. The molecule has 3 aromatic rings. The van der Waals surface area contributed by atoms with E-state index in [-0.39, 0.29) is 10.8 Å². The van der Waals surface area contributed by atoms with Crippen molar-refractivity contribution in [2.75, 3.05) is 18.7 Å². The van der Waals surface area contributed by atoms with Crippen molar-refractivity contribution in [2.24, 2.45) is 0 Å². The molecule has 1 N–H and O–H groups in total. The summed E-state index contributed by atoms with van der Waals surface area (Å²) in [5, 5.41) is 4.65. The van der Waals surface area contributed by atoms with E-state index in [9.17, 15) is 13.2 Å². The topological polar surface area (TPSA) is 94.6 Å². The number of benzene rings is 2. The van der Waals surface area contributed by atoms with Crippen LogP contribution in [0.15, 0.2) is 52.2 Å². The molecule has 0 spiro atoms. The van der Waals surface area contributed by atoms with Crippen LogP contribution in [0.5, 0.6) is 11.5 Å². The number of methoxy groups -OCH3 is 1. The zero-order valence-corrected chi connectivity index (χ0v) is 17.8. The number of nitrogens with one attached hydrogen (secondary N) is 1. The van der Waals surface area contributed by atoms with Gasteiger partial charge in [-0.05, 0) is 42.8 Å². The second kappa shape index (κ2) is 8.62. The molecular formula is C20H20N2O5S2. The molecule has 9 heteroatoms. The highest BCUT2D eigenvalue weighted by molar-refractivity contribution is 7.90. The van der Waals surface area contributed by atoms with E-state index in [0.717, 1.165) is 17.5 Å². The van der Waals surface area contributed by atoms with Gasteiger partial charge < -0.3 is 14.8 Å². The fraction of sp³-hybridized carbons (Fsp3) is 0.200. The highest BCUT2D eigenvalue weighted by atomic mass is 32.2. The van der Waals surface area contributed by atoms with Crippen LogP contribution in [0.4, 0.5) is 5.69 Å². The number of carbonyl (C=O) groups is 1. The van der Waals surface area contributed by atoms with Gasteiger partial charge in [0.15, 0.2) is 21.3 Å². The third-order valence-electron chi connectivity index (χ3n) is 4.17. The van der Waals surface area contributed by atoms with Gasteiger partial charge in [0.1, 0.15) is 6.61 Å². The Balaban J connectivity index is 1.79. The first-order chi connectivity index (χ1) is 13.8. The molecule has 0 aliphatic heterocycles. The van der Waals surface area contributed by atoms with Gasteiger partial charge in [-0.25, -0.2) is 13.4 Å². The normalized spacial score (nSPS) is 11.1. The maximum absolute atomic E-state index is 12.7. The highest BCUT2D eigenvalue weighted by Gasteiger charge is 2.15. The Morgan fingerprint density at radius 1 is 1.17 bits per heavy atom. The first-order valence-electron chi connectivity index (χ1n) is 8.58. The summed E-state index contributed by atoms with van der Waals surface area (Å²) in [6.45, 7) is 2.08. The quantitative estimate of drug-likeness (QED) is 0.612. The first kappa shape index (κ1) is 20.8. The van der Waals surface area contributed by atoms with Gasteiger partial charge in [0.05, 0.1) is 23.2 Å². The molecule has 3 rings (SSSR count). The Kier molecular flexibility index (Phi) is 6.19. The van der Waals surface area contributed by atoms with E-state index in [1.807, 2.05) is 5.38 Å². The SMILES string of the molecule is COc1cc(C(=O)Nc2cc(S(C)(=O)=O)ccc2C)ccc1OCc1cscn1. The number of nitrogens with zero attached hydrogens (tertiary/aromatic N) is 1. The fourth-order valence-corrected chi connectivity index (χ4v) is 3.74. The lowest BCUT2D eigenvalue weighted by Gasteiger charge is -2.13. The Bertz CT molecular complexity index is 1130. The number of rotatable bonds is 7. The molecular weight excluding hydrogens is 412 g/mol. The second-order valence-corrected chi connectivity index (χ2v) is 9.07. The van der Waals surface area contributed by atoms with Crippen LogP contribution >= 0.6 is 11.3 Å². The van der Waals surface area contributed by atoms with Crippen LogP contribution in [0.1, 0.15) is 21.6 Å². The van der Waals surface area contributed by atoms with Crippen molar-refractivity contribution < 1.29 is 22.7 Å². The van der Waals surface area contributed by atoms with Crippen molar-refractivity contribution in [3.8, 4) is 11.5 Å². The van der Waals surface area contributed by atoms with Gasteiger partial charge in [-0.3, -0.25) is 4.79 Å². The number of hydrogen-bond donors (Lipinski definition) is 1. The summed E-state index contributed by atoms with van der Waals surface area (Å²) in [6.07, 6.45) is 1.12. The molecule has 0 radical (unpaired) electrons. The van der Waals surface area contributed by atoms with E-state index >= 15 is 0 Å². The van der Waals surface area contributed by atoms with Crippen LogP contribution in [0, 0.1) is 6.92 Å². The van der Waals surface area contributed by atoms with Crippen LogP contribution in [0.2, 0.25) is 0 Å². The maximum Gasteiger partial charge on any atom is 0.255 e. The zero-order valence-electron chi connectivity index (χ0n) is 16.1. The molecule has 2 aromatic carbocycles. The minimum absolute atomic E-state index is 0.141. The summed E-state index contributed by atoms with van der Waals surface area (Å²) in [6, 6.07) is 9.45. The lowest BCUT2D eigenvalue weighted by atomic mass is 10.1. The summed E-state index contributed by atoms with van der Waals surface area (Å²) < 4.78 is 34.6. The molecule has 0 atom stereocenters. The number of anilines is 1. The number of hydrogen-bond acceptors (Lipinski definition) is 7. The third-order valence-corrected chi connectivity index (χ3v) is 5.92. The van der Waals surface area contributed by atoms with Gasteiger partial charge in [-0.1, -0.05) is 6.07 Å². The van der Waals surface area contributed by atoms with E-state index in [1.165, 1.54) is 30.6 Å². The summed E-state index contributed by atoms with van der Waals surface area (Å²) in [7, 11) is -1.88. The van der Waals surface area contributed by atoms with Crippen LogP contribution in [-0.2, 0) is 16.4 Å². The predicted molar refractivity (Wildman–Crippen MR) is 112 cm³/mol. The standard InChI is InChI=1S/C20H20N2O5S2/c1-13-4-6-16(29(3,24)25)9-17(13)22-20(23)14-5-7-18(19(8-14)26-2)27-10-15-11-28-12-21-15/h4-9,11-12H,10H2,1-3H3,(H,22,23).